The van der Waals surface area contributed by atoms with E-state index in [4.69, 9.17) is 14.6 Å². The molecule has 8 nitrogen and oxygen atoms in total. The number of piperidine rings is 1. The Bertz CT molecular complexity index is 675. The first-order valence-corrected chi connectivity index (χ1v) is 7.73. The van der Waals surface area contributed by atoms with Crippen molar-refractivity contribution in [2.45, 2.75) is 12.8 Å². The van der Waals surface area contributed by atoms with Gasteiger partial charge >= 0.3 is 5.97 Å². The maximum Gasteiger partial charge on any atom is 0.308 e. The molecule has 0 bridgehead atoms. The lowest BCUT2D eigenvalue weighted by Crippen LogP contribution is -2.46. The minimum Gasteiger partial charge on any atom is -0.481 e. The topological polar surface area (TPSA) is 105 Å². The zero-order valence-corrected chi connectivity index (χ0v) is 13.0. The number of benzene rings is 1. The molecule has 1 saturated heterocycles. The van der Waals surface area contributed by atoms with Crippen molar-refractivity contribution >= 4 is 17.8 Å². The predicted octanol–water partition coefficient (Wildman–Crippen LogP) is 0.468. The molecule has 0 saturated carbocycles. The molecule has 0 spiro atoms. The van der Waals surface area contributed by atoms with Crippen LogP contribution in [0, 0.1) is 5.92 Å². The highest BCUT2D eigenvalue weighted by Gasteiger charge is 2.28. The minimum absolute atomic E-state index is 0.124. The SMILES string of the molecule is O=C(NCC(=O)N1CCC[C@H](C(=O)O)C1)c1ccc2c(c1)OCO2. The molecule has 0 aromatic heterocycles. The third kappa shape index (κ3) is 3.42. The number of hydrogen-bond donors (Lipinski definition) is 2. The number of fused-ring (bicyclic) bond motifs is 1. The first kappa shape index (κ1) is 16.1. The summed E-state index contributed by atoms with van der Waals surface area (Å²) < 4.78 is 10.4. The first-order valence-electron chi connectivity index (χ1n) is 7.73. The van der Waals surface area contributed by atoms with Crippen molar-refractivity contribution in [1.29, 1.82) is 0 Å². The van der Waals surface area contributed by atoms with E-state index < -0.39 is 17.8 Å². The van der Waals surface area contributed by atoms with E-state index in [0.29, 0.717) is 36.4 Å². The molecule has 2 amide bonds. The molecule has 128 valence electrons. The lowest BCUT2D eigenvalue weighted by molar-refractivity contribution is -0.145. The largest absolute Gasteiger partial charge is 0.481 e. The second kappa shape index (κ2) is 6.77. The highest BCUT2D eigenvalue weighted by Crippen LogP contribution is 2.32. The van der Waals surface area contributed by atoms with Crippen LogP contribution < -0.4 is 14.8 Å². The van der Waals surface area contributed by atoms with Crippen molar-refractivity contribution in [3.05, 3.63) is 23.8 Å². The fraction of sp³-hybridized carbons (Fsp3) is 0.438. The standard InChI is InChI=1S/C16H18N2O6/c19-14(18-5-1-2-11(8-18)16(21)22)7-17-15(20)10-3-4-12-13(6-10)24-9-23-12/h3-4,6,11H,1-2,5,7-9H2,(H,17,20)(H,21,22)/t11-/m0/s1. The van der Waals surface area contributed by atoms with Crippen molar-refractivity contribution in [3.63, 3.8) is 0 Å². The van der Waals surface area contributed by atoms with Crippen molar-refractivity contribution in [2.75, 3.05) is 26.4 Å². The quantitative estimate of drug-likeness (QED) is 0.829. The lowest BCUT2D eigenvalue weighted by atomic mass is 9.98. The van der Waals surface area contributed by atoms with Crippen LogP contribution in [0.4, 0.5) is 0 Å². The molecule has 24 heavy (non-hydrogen) atoms. The number of carbonyl (C=O) groups excluding carboxylic acids is 2. The summed E-state index contributed by atoms with van der Waals surface area (Å²) in [5.74, 6) is -1.03. The number of carboxylic acid groups (broad SMARTS) is 1. The lowest BCUT2D eigenvalue weighted by Gasteiger charge is -2.30. The molecule has 2 N–H and O–H groups in total. The third-order valence-electron chi connectivity index (χ3n) is 4.16. The monoisotopic (exact) mass is 334 g/mol. The smallest absolute Gasteiger partial charge is 0.308 e. The molecule has 0 aliphatic carbocycles. The summed E-state index contributed by atoms with van der Waals surface area (Å²) in [4.78, 5) is 36.8. The van der Waals surface area contributed by atoms with E-state index in [1.54, 1.807) is 18.2 Å². The number of amides is 2. The minimum atomic E-state index is -0.892. The van der Waals surface area contributed by atoms with Gasteiger partial charge in [0, 0.05) is 18.7 Å². The average molecular weight is 334 g/mol. The van der Waals surface area contributed by atoms with Gasteiger partial charge in [-0.1, -0.05) is 0 Å². The van der Waals surface area contributed by atoms with Gasteiger partial charge in [-0.15, -0.1) is 0 Å². The molecule has 2 aliphatic rings. The van der Waals surface area contributed by atoms with Crippen LogP contribution >= 0.6 is 0 Å². The number of rotatable bonds is 4. The Kier molecular flexibility index (Phi) is 4.54. The van der Waals surface area contributed by atoms with Crippen LogP contribution in [-0.4, -0.2) is 54.2 Å². The molecule has 1 aromatic carbocycles. The number of nitrogens with one attached hydrogen (secondary N) is 1. The van der Waals surface area contributed by atoms with Crippen LogP contribution in [0.5, 0.6) is 11.5 Å². The van der Waals surface area contributed by atoms with E-state index in [1.807, 2.05) is 0 Å². The predicted molar refractivity (Wildman–Crippen MR) is 81.8 cm³/mol. The molecule has 0 unspecified atom stereocenters. The normalized spacial score (nSPS) is 19.0. The molecule has 2 aliphatic heterocycles. The Morgan fingerprint density at radius 2 is 2.04 bits per heavy atom. The Hall–Kier alpha value is -2.77. The number of ether oxygens (including phenoxy) is 2. The molecule has 1 fully saturated rings. The summed E-state index contributed by atoms with van der Waals surface area (Å²) in [5, 5.41) is 11.6. The number of carboxylic acids is 1. The molecule has 3 rings (SSSR count). The van der Waals surface area contributed by atoms with Gasteiger partial charge in [-0.25, -0.2) is 0 Å². The van der Waals surface area contributed by atoms with Gasteiger partial charge in [-0.3, -0.25) is 14.4 Å². The molecule has 8 heteroatoms. The van der Waals surface area contributed by atoms with E-state index in [-0.39, 0.29) is 25.8 Å². The summed E-state index contributed by atoms with van der Waals surface area (Å²) >= 11 is 0. The number of nitrogens with zero attached hydrogens (tertiary/aromatic N) is 1. The van der Waals surface area contributed by atoms with Crippen molar-refractivity contribution in [2.24, 2.45) is 5.92 Å². The summed E-state index contributed by atoms with van der Waals surface area (Å²) in [6.45, 7) is 0.661. The van der Waals surface area contributed by atoms with Crippen LogP contribution in [0.25, 0.3) is 0 Å². The van der Waals surface area contributed by atoms with Gasteiger partial charge in [0.05, 0.1) is 12.5 Å². The van der Waals surface area contributed by atoms with E-state index >= 15 is 0 Å². The van der Waals surface area contributed by atoms with Gasteiger partial charge < -0.3 is 24.8 Å². The van der Waals surface area contributed by atoms with E-state index in [9.17, 15) is 14.4 Å². The molecule has 1 atom stereocenters. The van der Waals surface area contributed by atoms with Crippen molar-refractivity contribution < 1.29 is 29.0 Å². The summed E-state index contributed by atoms with van der Waals surface area (Å²) in [7, 11) is 0. The first-order chi connectivity index (χ1) is 11.5. The van der Waals surface area contributed by atoms with Crippen LogP contribution in [0.1, 0.15) is 23.2 Å². The van der Waals surface area contributed by atoms with Gasteiger partial charge in [-0.2, -0.15) is 0 Å². The Labute approximate surface area is 138 Å². The van der Waals surface area contributed by atoms with Crippen LogP contribution in [-0.2, 0) is 9.59 Å². The van der Waals surface area contributed by atoms with Crippen molar-refractivity contribution in [3.8, 4) is 11.5 Å². The molecule has 0 radical (unpaired) electrons. The second-order valence-corrected chi connectivity index (χ2v) is 5.77. The van der Waals surface area contributed by atoms with Crippen LogP contribution in [0.15, 0.2) is 18.2 Å². The van der Waals surface area contributed by atoms with E-state index in [1.165, 1.54) is 4.90 Å². The second-order valence-electron chi connectivity index (χ2n) is 5.77. The zero-order chi connectivity index (χ0) is 17.1. The Balaban J connectivity index is 1.54. The summed E-state index contributed by atoms with van der Waals surface area (Å²) in [5.41, 5.74) is 0.370. The average Bonchev–Trinajstić information content (AvgIpc) is 3.07. The van der Waals surface area contributed by atoms with Gasteiger partial charge in [0.1, 0.15) is 0 Å². The zero-order valence-electron chi connectivity index (χ0n) is 13.0. The number of likely N-dealkylation sites (tertiary alicyclic amines) is 1. The maximum absolute atomic E-state index is 12.2. The molecule has 1 aromatic rings. The van der Waals surface area contributed by atoms with Gasteiger partial charge in [-0.05, 0) is 31.0 Å². The number of hydrogen-bond acceptors (Lipinski definition) is 5. The van der Waals surface area contributed by atoms with Crippen LogP contribution in [0.3, 0.4) is 0 Å². The summed E-state index contributed by atoms with van der Waals surface area (Å²) in [6, 6.07) is 4.79. The van der Waals surface area contributed by atoms with Gasteiger partial charge in [0.15, 0.2) is 11.5 Å². The molecular formula is C16H18N2O6. The Morgan fingerprint density at radius 3 is 2.83 bits per heavy atom. The van der Waals surface area contributed by atoms with Gasteiger partial charge in [0.25, 0.3) is 5.91 Å². The fourth-order valence-corrected chi connectivity index (χ4v) is 2.81. The Morgan fingerprint density at radius 1 is 1.25 bits per heavy atom. The summed E-state index contributed by atoms with van der Waals surface area (Å²) in [6.07, 6.45) is 1.22. The maximum atomic E-state index is 12.2. The fourth-order valence-electron chi connectivity index (χ4n) is 2.81. The van der Waals surface area contributed by atoms with E-state index in [2.05, 4.69) is 5.32 Å². The highest BCUT2D eigenvalue weighted by molar-refractivity contribution is 5.97. The van der Waals surface area contributed by atoms with Crippen molar-refractivity contribution in [1.82, 2.24) is 10.2 Å². The van der Waals surface area contributed by atoms with Gasteiger partial charge in [0.2, 0.25) is 12.7 Å². The molecular weight excluding hydrogens is 316 g/mol. The van der Waals surface area contributed by atoms with E-state index in [0.717, 1.165) is 0 Å². The third-order valence-corrected chi connectivity index (χ3v) is 4.16. The number of aliphatic carboxylic acids is 1. The molecule has 2 heterocycles. The van der Waals surface area contributed by atoms with Crippen LogP contribution in [0.2, 0.25) is 0 Å². The number of carbonyl (C=O) groups is 3. The highest BCUT2D eigenvalue weighted by atomic mass is 16.7.